The van der Waals surface area contributed by atoms with Gasteiger partial charge >= 0.3 is 10.1 Å². The van der Waals surface area contributed by atoms with E-state index in [4.69, 9.17) is 5.90 Å². The maximum Gasteiger partial charge on any atom is 0.312 e. The minimum absolute atomic E-state index is 0.108. The highest BCUT2D eigenvalue weighted by molar-refractivity contribution is 7.86. The van der Waals surface area contributed by atoms with E-state index in [0.29, 0.717) is 12.0 Å². The Morgan fingerprint density at radius 3 is 2.22 bits per heavy atom. The molecule has 0 aliphatic carbocycles. The van der Waals surface area contributed by atoms with Crippen LogP contribution in [0.1, 0.15) is 11.1 Å². The summed E-state index contributed by atoms with van der Waals surface area (Å²) < 4.78 is 27.4. The lowest BCUT2D eigenvalue weighted by molar-refractivity contribution is 0.332. The Labute approximate surface area is 106 Å². The van der Waals surface area contributed by atoms with E-state index in [-0.39, 0.29) is 4.90 Å². The lowest BCUT2D eigenvalue weighted by Crippen LogP contribution is -2.13. The van der Waals surface area contributed by atoms with Crippen LogP contribution in [0, 0.1) is 0 Å². The standard InChI is InChI=1S/C13H13NO3S/c14-17-18(15,16)13-9-5-4-8-12(13)10-11-6-2-1-3-7-11/h1-9H,10,14H2. The quantitative estimate of drug-likeness (QED) is 0.855. The first-order valence-electron chi connectivity index (χ1n) is 5.38. The Morgan fingerprint density at radius 1 is 0.944 bits per heavy atom. The fourth-order valence-electron chi connectivity index (χ4n) is 1.76. The van der Waals surface area contributed by atoms with Crippen LogP contribution in [-0.4, -0.2) is 8.42 Å². The van der Waals surface area contributed by atoms with E-state index >= 15 is 0 Å². The Morgan fingerprint density at radius 2 is 1.56 bits per heavy atom. The first-order valence-corrected chi connectivity index (χ1v) is 6.79. The molecule has 0 spiro atoms. The van der Waals surface area contributed by atoms with Crippen LogP contribution < -0.4 is 5.90 Å². The van der Waals surface area contributed by atoms with Crippen LogP contribution in [0.4, 0.5) is 0 Å². The molecule has 2 aromatic rings. The van der Waals surface area contributed by atoms with Crippen LogP contribution in [0.25, 0.3) is 0 Å². The zero-order valence-electron chi connectivity index (χ0n) is 9.61. The average molecular weight is 263 g/mol. The van der Waals surface area contributed by atoms with Gasteiger partial charge in [0.25, 0.3) is 0 Å². The second-order valence-electron chi connectivity index (χ2n) is 3.82. The van der Waals surface area contributed by atoms with Gasteiger partial charge in [0.05, 0.1) is 4.90 Å². The second kappa shape index (κ2) is 5.30. The molecule has 0 saturated carbocycles. The van der Waals surface area contributed by atoms with Gasteiger partial charge in [0, 0.05) is 0 Å². The van der Waals surface area contributed by atoms with Gasteiger partial charge in [-0.3, -0.25) is 0 Å². The van der Waals surface area contributed by atoms with Gasteiger partial charge in [-0.2, -0.15) is 18.6 Å². The van der Waals surface area contributed by atoms with E-state index in [9.17, 15) is 8.42 Å². The van der Waals surface area contributed by atoms with E-state index in [2.05, 4.69) is 4.28 Å². The highest BCUT2D eigenvalue weighted by atomic mass is 32.2. The van der Waals surface area contributed by atoms with Gasteiger partial charge in [0.2, 0.25) is 0 Å². The molecule has 0 atom stereocenters. The summed E-state index contributed by atoms with van der Waals surface area (Å²) >= 11 is 0. The van der Waals surface area contributed by atoms with Crippen molar-refractivity contribution in [3.05, 3.63) is 65.7 Å². The molecule has 18 heavy (non-hydrogen) atoms. The largest absolute Gasteiger partial charge is 0.312 e. The summed E-state index contributed by atoms with van der Waals surface area (Å²) in [5, 5.41) is 0. The van der Waals surface area contributed by atoms with Crippen LogP contribution in [0.2, 0.25) is 0 Å². The predicted octanol–water partition coefficient (Wildman–Crippen LogP) is 1.86. The molecule has 2 aromatic carbocycles. The van der Waals surface area contributed by atoms with Crippen LogP contribution >= 0.6 is 0 Å². The molecule has 0 radical (unpaired) electrons. The molecule has 0 aromatic heterocycles. The third-order valence-electron chi connectivity index (χ3n) is 2.61. The third kappa shape index (κ3) is 2.76. The Kier molecular flexibility index (Phi) is 3.76. The third-order valence-corrected chi connectivity index (χ3v) is 3.80. The SMILES string of the molecule is NOS(=O)(=O)c1ccccc1Cc1ccccc1. The molecule has 0 heterocycles. The zero-order chi connectivity index (χ0) is 13.0. The van der Waals surface area contributed by atoms with E-state index < -0.39 is 10.1 Å². The lowest BCUT2D eigenvalue weighted by Gasteiger charge is -2.08. The molecule has 0 bridgehead atoms. The fourth-order valence-corrected chi connectivity index (χ4v) is 2.57. The minimum Gasteiger partial charge on any atom is -0.197 e. The maximum absolute atomic E-state index is 11.7. The molecule has 0 aliphatic rings. The molecule has 0 amide bonds. The average Bonchev–Trinajstić information content (AvgIpc) is 2.40. The topological polar surface area (TPSA) is 69.4 Å². The molecule has 2 rings (SSSR count). The molecule has 94 valence electrons. The number of rotatable bonds is 4. The van der Waals surface area contributed by atoms with E-state index in [1.54, 1.807) is 18.2 Å². The van der Waals surface area contributed by atoms with Crippen molar-refractivity contribution in [1.82, 2.24) is 0 Å². The molecule has 0 unspecified atom stereocenters. The number of hydrogen-bond acceptors (Lipinski definition) is 4. The normalized spacial score (nSPS) is 11.4. The Hall–Kier alpha value is -1.69. The Bertz CT molecular complexity index is 624. The first kappa shape index (κ1) is 12.8. The van der Waals surface area contributed by atoms with Crippen molar-refractivity contribution in [3.63, 3.8) is 0 Å². The summed E-state index contributed by atoms with van der Waals surface area (Å²) in [5.74, 6) is 4.81. The molecule has 0 fully saturated rings. The van der Waals surface area contributed by atoms with Gasteiger partial charge in [-0.15, -0.1) is 0 Å². The van der Waals surface area contributed by atoms with E-state index in [0.717, 1.165) is 5.56 Å². The van der Waals surface area contributed by atoms with Crippen LogP contribution in [0.15, 0.2) is 59.5 Å². The summed E-state index contributed by atoms with van der Waals surface area (Å²) in [6, 6.07) is 16.3. The van der Waals surface area contributed by atoms with E-state index in [1.165, 1.54) is 6.07 Å². The fraction of sp³-hybridized carbons (Fsp3) is 0.0769. The second-order valence-corrected chi connectivity index (χ2v) is 5.36. The van der Waals surface area contributed by atoms with Crippen molar-refractivity contribution >= 4 is 10.1 Å². The van der Waals surface area contributed by atoms with Gasteiger partial charge in [0.1, 0.15) is 0 Å². The lowest BCUT2D eigenvalue weighted by atomic mass is 10.1. The summed E-state index contributed by atoms with van der Waals surface area (Å²) in [5.41, 5.74) is 1.69. The van der Waals surface area contributed by atoms with Crippen molar-refractivity contribution in [2.45, 2.75) is 11.3 Å². The Balaban J connectivity index is 2.41. The van der Waals surface area contributed by atoms with E-state index in [1.807, 2.05) is 30.3 Å². The predicted molar refractivity (Wildman–Crippen MR) is 68.1 cm³/mol. The summed E-state index contributed by atoms with van der Waals surface area (Å²) in [4.78, 5) is 0.108. The van der Waals surface area contributed by atoms with Crippen LogP contribution in [-0.2, 0) is 20.8 Å². The number of nitrogens with two attached hydrogens (primary N) is 1. The van der Waals surface area contributed by atoms with Crippen molar-refractivity contribution in [3.8, 4) is 0 Å². The van der Waals surface area contributed by atoms with Gasteiger partial charge in [0.15, 0.2) is 0 Å². The van der Waals surface area contributed by atoms with Crippen molar-refractivity contribution < 1.29 is 12.7 Å². The van der Waals surface area contributed by atoms with Crippen LogP contribution in [0.3, 0.4) is 0 Å². The summed E-state index contributed by atoms with van der Waals surface area (Å²) in [6.07, 6.45) is 0.513. The number of hydrogen-bond donors (Lipinski definition) is 1. The molecular weight excluding hydrogens is 250 g/mol. The summed E-state index contributed by atoms with van der Waals surface area (Å²) in [6.45, 7) is 0. The molecule has 4 nitrogen and oxygen atoms in total. The molecular formula is C13H13NO3S. The minimum atomic E-state index is -3.87. The van der Waals surface area contributed by atoms with Gasteiger partial charge in [-0.25, -0.2) is 0 Å². The van der Waals surface area contributed by atoms with Crippen molar-refractivity contribution in [1.29, 1.82) is 0 Å². The van der Waals surface area contributed by atoms with Crippen LogP contribution in [0.5, 0.6) is 0 Å². The highest BCUT2D eigenvalue weighted by Gasteiger charge is 2.17. The number of benzene rings is 2. The van der Waals surface area contributed by atoms with Gasteiger partial charge in [-0.1, -0.05) is 48.5 Å². The van der Waals surface area contributed by atoms with Gasteiger partial charge < -0.3 is 0 Å². The van der Waals surface area contributed by atoms with Crippen molar-refractivity contribution in [2.24, 2.45) is 5.90 Å². The first-order chi connectivity index (χ1) is 8.63. The molecule has 0 aliphatic heterocycles. The monoisotopic (exact) mass is 263 g/mol. The highest BCUT2D eigenvalue weighted by Crippen LogP contribution is 2.19. The van der Waals surface area contributed by atoms with Gasteiger partial charge in [-0.05, 0) is 23.6 Å². The molecule has 2 N–H and O–H groups in total. The smallest absolute Gasteiger partial charge is 0.197 e. The molecule has 5 heteroatoms. The zero-order valence-corrected chi connectivity index (χ0v) is 10.4. The summed E-state index contributed by atoms with van der Waals surface area (Å²) in [7, 11) is -3.87. The maximum atomic E-state index is 11.7. The van der Waals surface area contributed by atoms with Crippen molar-refractivity contribution in [2.75, 3.05) is 0 Å². The molecule has 0 saturated heterocycles.